The van der Waals surface area contributed by atoms with E-state index in [0.717, 1.165) is 11.1 Å². The topological polar surface area (TPSA) is 58.8 Å². The molecule has 0 bridgehead atoms. The van der Waals surface area contributed by atoms with Crippen LogP contribution in [0, 0.1) is 5.82 Å². The quantitative estimate of drug-likeness (QED) is 0.589. The Labute approximate surface area is 181 Å². The molecule has 0 saturated carbocycles. The smallest absolute Gasteiger partial charge is 0.254 e. The van der Waals surface area contributed by atoms with Crippen LogP contribution in [0.15, 0.2) is 59.1 Å². The fourth-order valence-electron chi connectivity index (χ4n) is 3.73. The van der Waals surface area contributed by atoms with Crippen LogP contribution in [0.3, 0.4) is 0 Å². The molecule has 1 aromatic heterocycles. The van der Waals surface area contributed by atoms with Crippen molar-refractivity contribution in [3.05, 3.63) is 71.5 Å². The normalized spacial score (nSPS) is 14.1. The monoisotopic (exact) mass is 423 g/mol. The summed E-state index contributed by atoms with van der Waals surface area (Å²) in [5.41, 5.74) is 2.79. The number of carbonyl (C=O) groups excluding carboxylic acids is 1. The van der Waals surface area contributed by atoms with Gasteiger partial charge in [0.25, 0.3) is 5.91 Å². The van der Waals surface area contributed by atoms with Crippen molar-refractivity contribution in [1.29, 1.82) is 0 Å². The minimum atomic E-state index is -0.432. The first-order valence-corrected chi connectivity index (χ1v) is 10.5. The first-order chi connectivity index (χ1) is 15.0. The van der Waals surface area contributed by atoms with Gasteiger partial charge in [0.1, 0.15) is 11.5 Å². The lowest BCUT2D eigenvalue weighted by atomic mass is 10.1. The lowest BCUT2D eigenvalue weighted by Gasteiger charge is -2.30. The number of amides is 1. The molecule has 1 aliphatic heterocycles. The number of benzene rings is 2. The molecular formula is C24H26FN3O3. The second kappa shape index (κ2) is 9.31. The Morgan fingerprint density at radius 3 is 2.55 bits per heavy atom. The molecule has 1 fully saturated rings. The zero-order chi connectivity index (χ0) is 21.8. The Hall–Kier alpha value is -3.19. The number of rotatable bonds is 6. The van der Waals surface area contributed by atoms with Gasteiger partial charge in [0.2, 0.25) is 5.88 Å². The molecule has 6 nitrogen and oxygen atoms in total. The first-order valence-electron chi connectivity index (χ1n) is 10.5. The van der Waals surface area contributed by atoms with E-state index in [1.54, 1.807) is 17.0 Å². The molecule has 31 heavy (non-hydrogen) atoms. The van der Waals surface area contributed by atoms with E-state index in [9.17, 15) is 9.18 Å². The summed E-state index contributed by atoms with van der Waals surface area (Å²) in [5, 5.41) is 4.36. The molecule has 4 rings (SSSR count). The molecule has 2 aromatic carbocycles. The molecule has 0 unspecified atom stereocenters. The Morgan fingerprint density at radius 2 is 1.87 bits per heavy atom. The van der Waals surface area contributed by atoms with Gasteiger partial charge >= 0.3 is 0 Å². The number of halogens is 1. The van der Waals surface area contributed by atoms with Crippen molar-refractivity contribution in [3.8, 4) is 11.3 Å². The van der Waals surface area contributed by atoms with E-state index in [2.05, 4.69) is 10.1 Å². The second-order valence-corrected chi connectivity index (χ2v) is 7.82. The van der Waals surface area contributed by atoms with Gasteiger partial charge in [-0.1, -0.05) is 41.6 Å². The van der Waals surface area contributed by atoms with Crippen molar-refractivity contribution in [2.45, 2.75) is 26.4 Å². The van der Waals surface area contributed by atoms with E-state index in [1.807, 2.05) is 44.2 Å². The molecule has 0 N–H and O–H groups in total. The van der Waals surface area contributed by atoms with Crippen LogP contribution in [0.2, 0.25) is 0 Å². The highest BCUT2D eigenvalue weighted by molar-refractivity contribution is 5.94. The molecule has 1 amide bonds. The van der Waals surface area contributed by atoms with Crippen molar-refractivity contribution in [1.82, 2.24) is 10.1 Å². The minimum absolute atomic E-state index is 0.105. The number of carbonyl (C=O) groups is 1. The number of hydrogen-bond acceptors (Lipinski definition) is 5. The lowest BCUT2D eigenvalue weighted by Crippen LogP contribution is -2.39. The third-order valence-electron chi connectivity index (χ3n) is 5.40. The zero-order valence-corrected chi connectivity index (χ0v) is 17.8. The molecule has 1 aliphatic rings. The van der Waals surface area contributed by atoms with Gasteiger partial charge in [-0.05, 0) is 32.0 Å². The highest BCUT2D eigenvalue weighted by Crippen LogP contribution is 2.33. The van der Waals surface area contributed by atoms with Crippen molar-refractivity contribution >= 4 is 11.8 Å². The number of anilines is 1. The largest absolute Gasteiger partial charge is 0.378 e. The molecule has 0 spiro atoms. The maximum Gasteiger partial charge on any atom is 0.254 e. The van der Waals surface area contributed by atoms with E-state index in [-0.39, 0.29) is 11.9 Å². The van der Waals surface area contributed by atoms with Crippen LogP contribution in [0.5, 0.6) is 0 Å². The van der Waals surface area contributed by atoms with Gasteiger partial charge in [-0.15, -0.1) is 0 Å². The summed E-state index contributed by atoms with van der Waals surface area (Å²) in [6, 6.07) is 15.5. The molecule has 0 radical (unpaired) electrons. The average Bonchev–Trinajstić information content (AvgIpc) is 3.21. The van der Waals surface area contributed by atoms with E-state index in [0.29, 0.717) is 50.0 Å². The molecule has 0 aliphatic carbocycles. The van der Waals surface area contributed by atoms with Crippen LogP contribution in [0.25, 0.3) is 11.3 Å². The van der Waals surface area contributed by atoms with Crippen LogP contribution >= 0.6 is 0 Å². The number of hydrogen-bond donors (Lipinski definition) is 0. The van der Waals surface area contributed by atoms with Crippen LogP contribution in [-0.4, -0.2) is 48.3 Å². The molecular weight excluding hydrogens is 397 g/mol. The fraction of sp³-hybridized carbons (Fsp3) is 0.333. The van der Waals surface area contributed by atoms with Crippen LogP contribution < -0.4 is 4.90 Å². The van der Waals surface area contributed by atoms with Crippen LogP contribution in [-0.2, 0) is 11.3 Å². The Morgan fingerprint density at radius 1 is 1.13 bits per heavy atom. The van der Waals surface area contributed by atoms with Gasteiger partial charge in [-0.25, -0.2) is 4.39 Å². The zero-order valence-electron chi connectivity index (χ0n) is 17.8. The number of aromatic nitrogens is 1. The number of nitrogens with zero attached hydrogens (tertiary/aromatic N) is 3. The Balaban J connectivity index is 1.73. The van der Waals surface area contributed by atoms with Crippen molar-refractivity contribution < 1.29 is 18.4 Å². The summed E-state index contributed by atoms with van der Waals surface area (Å²) in [6.45, 7) is 6.79. The van der Waals surface area contributed by atoms with E-state index in [4.69, 9.17) is 9.26 Å². The predicted molar refractivity (Wildman–Crippen MR) is 116 cm³/mol. The Kier molecular flexibility index (Phi) is 6.32. The van der Waals surface area contributed by atoms with E-state index < -0.39 is 5.82 Å². The van der Waals surface area contributed by atoms with Crippen molar-refractivity contribution in [2.75, 3.05) is 31.2 Å². The van der Waals surface area contributed by atoms with Gasteiger partial charge < -0.3 is 19.1 Å². The third kappa shape index (κ3) is 4.61. The summed E-state index contributed by atoms with van der Waals surface area (Å²) < 4.78 is 25.0. The van der Waals surface area contributed by atoms with Crippen LogP contribution in [0.4, 0.5) is 10.3 Å². The Bertz CT molecular complexity index is 1030. The summed E-state index contributed by atoms with van der Waals surface area (Å²) in [4.78, 5) is 17.1. The molecule has 0 atom stereocenters. The predicted octanol–water partition coefficient (Wildman–Crippen LogP) is 4.37. The standard InChI is InChI=1S/C24H26FN3O3/c1-17(2)28(23(29)19-9-6-10-20(25)15-19)16-21-22(18-7-4-3-5-8-18)26-31-24(21)27-11-13-30-14-12-27/h3-10,15,17H,11-14,16H2,1-2H3. The highest BCUT2D eigenvalue weighted by atomic mass is 19.1. The molecule has 1 saturated heterocycles. The third-order valence-corrected chi connectivity index (χ3v) is 5.40. The molecule has 3 aromatic rings. The number of morpholine rings is 1. The molecule has 7 heteroatoms. The fourth-order valence-corrected chi connectivity index (χ4v) is 3.73. The van der Waals surface area contributed by atoms with Crippen molar-refractivity contribution in [2.24, 2.45) is 0 Å². The van der Waals surface area contributed by atoms with Crippen LogP contribution in [0.1, 0.15) is 29.8 Å². The van der Waals surface area contributed by atoms with Gasteiger partial charge in [-0.3, -0.25) is 4.79 Å². The number of ether oxygens (including phenoxy) is 1. The highest BCUT2D eigenvalue weighted by Gasteiger charge is 2.28. The lowest BCUT2D eigenvalue weighted by molar-refractivity contribution is 0.0689. The summed E-state index contributed by atoms with van der Waals surface area (Å²) >= 11 is 0. The van der Waals surface area contributed by atoms with E-state index >= 15 is 0 Å². The first kappa shape index (κ1) is 21.1. The van der Waals surface area contributed by atoms with Gasteiger partial charge in [-0.2, -0.15) is 0 Å². The summed E-state index contributed by atoms with van der Waals surface area (Å²) in [5.74, 6) is -0.0130. The molecule has 2 heterocycles. The summed E-state index contributed by atoms with van der Waals surface area (Å²) in [6.07, 6.45) is 0. The minimum Gasteiger partial charge on any atom is -0.378 e. The maximum absolute atomic E-state index is 13.7. The average molecular weight is 423 g/mol. The summed E-state index contributed by atoms with van der Waals surface area (Å²) in [7, 11) is 0. The van der Waals surface area contributed by atoms with Gasteiger partial charge in [0.15, 0.2) is 0 Å². The molecule has 162 valence electrons. The van der Waals surface area contributed by atoms with Gasteiger partial charge in [0, 0.05) is 30.3 Å². The second-order valence-electron chi connectivity index (χ2n) is 7.82. The van der Waals surface area contributed by atoms with Crippen molar-refractivity contribution in [3.63, 3.8) is 0 Å². The SMILES string of the molecule is CC(C)N(Cc1c(-c2ccccc2)noc1N1CCOCC1)C(=O)c1cccc(F)c1. The van der Waals surface area contributed by atoms with Gasteiger partial charge in [0.05, 0.1) is 25.3 Å². The maximum atomic E-state index is 13.7. The van der Waals surface area contributed by atoms with E-state index in [1.165, 1.54) is 12.1 Å².